The highest BCUT2D eigenvalue weighted by Gasteiger charge is 2.13. The zero-order chi connectivity index (χ0) is 11.6. The molecular weight excluding hydrogens is 218 g/mol. The fraction of sp³-hybridized carbons (Fsp3) is 0.200. The molecule has 1 aromatic rings. The van der Waals surface area contributed by atoms with Crippen molar-refractivity contribution in [2.24, 2.45) is 0 Å². The van der Waals surface area contributed by atoms with Gasteiger partial charge in [-0.25, -0.2) is 4.79 Å². The molecule has 4 nitrogen and oxygen atoms in total. The first-order valence-electron chi connectivity index (χ1n) is 4.23. The summed E-state index contributed by atoms with van der Waals surface area (Å²) in [6, 6.07) is 2.86. The average Bonchev–Trinajstić information content (AvgIpc) is 2.09. The summed E-state index contributed by atoms with van der Waals surface area (Å²) in [7, 11) is 0. The number of carbonyl (C=O) groups excluding carboxylic acids is 1. The van der Waals surface area contributed by atoms with Crippen molar-refractivity contribution in [3.63, 3.8) is 0 Å². The first-order chi connectivity index (χ1) is 6.91. The maximum absolute atomic E-state index is 10.9. The van der Waals surface area contributed by atoms with Gasteiger partial charge >= 0.3 is 5.97 Å². The molecule has 2 N–H and O–H groups in total. The van der Waals surface area contributed by atoms with Gasteiger partial charge in [0.25, 0.3) is 0 Å². The number of hydrogen-bond donors (Lipinski definition) is 2. The van der Waals surface area contributed by atoms with E-state index in [1.807, 2.05) is 0 Å². The molecule has 0 radical (unpaired) electrons. The minimum atomic E-state index is -1.10. The van der Waals surface area contributed by atoms with Crippen LogP contribution in [0.25, 0.3) is 0 Å². The molecule has 0 aromatic heterocycles. The van der Waals surface area contributed by atoms with Crippen molar-refractivity contribution in [1.82, 2.24) is 0 Å². The summed E-state index contributed by atoms with van der Waals surface area (Å²) in [5.74, 6) is -1.43. The largest absolute Gasteiger partial charge is 0.478 e. The highest BCUT2D eigenvalue weighted by Crippen LogP contribution is 2.25. The Morgan fingerprint density at radius 2 is 2.00 bits per heavy atom. The van der Waals surface area contributed by atoms with Crippen LogP contribution in [0, 0.1) is 6.92 Å². The Labute approximate surface area is 91.9 Å². The number of carbonyl (C=O) groups is 2. The Balaban J connectivity index is 3.28. The van der Waals surface area contributed by atoms with Crippen LogP contribution >= 0.6 is 11.6 Å². The van der Waals surface area contributed by atoms with E-state index in [-0.39, 0.29) is 17.2 Å². The van der Waals surface area contributed by atoms with E-state index in [0.717, 1.165) is 0 Å². The maximum atomic E-state index is 10.9. The lowest BCUT2D eigenvalue weighted by atomic mass is 10.1. The Kier molecular flexibility index (Phi) is 3.31. The quantitative estimate of drug-likeness (QED) is 0.815. The minimum Gasteiger partial charge on any atom is -0.478 e. The molecule has 0 aliphatic carbocycles. The van der Waals surface area contributed by atoms with E-state index < -0.39 is 5.97 Å². The molecule has 0 saturated heterocycles. The third-order valence-electron chi connectivity index (χ3n) is 1.84. The monoisotopic (exact) mass is 227 g/mol. The van der Waals surface area contributed by atoms with Crippen LogP contribution < -0.4 is 5.32 Å². The molecule has 1 rings (SSSR count). The van der Waals surface area contributed by atoms with Gasteiger partial charge in [0, 0.05) is 11.9 Å². The van der Waals surface area contributed by atoms with Crippen molar-refractivity contribution in [3.8, 4) is 0 Å². The number of benzene rings is 1. The van der Waals surface area contributed by atoms with Gasteiger partial charge in [-0.1, -0.05) is 11.6 Å². The number of carboxylic acid groups (broad SMARTS) is 1. The van der Waals surface area contributed by atoms with E-state index in [9.17, 15) is 9.59 Å². The Hall–Kier alpha value is -1.55. The predicted octanol–water partition coefficient (Wildman–Crippen LogP) is 2.31. The van der Waals surface area contributed by atoms with Gasteiger partial charge in [0.1, 0.15) is 0 Å². The van der Waals surface area contributed by atoms with Gasteiger partial charge in [-0.3, -0.25) is 4.79 Å². The van der Waals surface area contributed by atoms with Crippen molar-refractivity contribution in [1.29, 1.82) is 0 Å². The molecule has 0 aliphatic rings. The van der Waals surface area contributed by atoms with E-state index in [1.165, 1.54) is 19.1 Å². The van der Waals surface area contributed by atoms with Crippen LogP contribution in [0.1, 0.15) is 22.8 Å². The molecule has 0 bridgehead atoms. The lowest BCUT2D eigenvalue weighted by molar-refractivity contribution is -0.114. The van der Waals surface area contributed by atoms with Crippen LogP contribution in [-0.2, 0) is 4.79 Å². The molecule has 80 valence electrons. The van der Waals surface area contributed by atoms with Crippen molar-refractivity contribution in [2.45, 2.75) is 13.8 Å². The van der Waals surface area contributed by atoms with E-state index in [1.54, 1.807) is 6.92 Å². The smallest absolute Gasteiger partial charge is 0.337 e. The van der Waals surface area contributed by atoms with Gasteiger partial charge in [-0.15, -0.1) is 0 Å². The number of nitrogens with one attached hydrogen (secondary N) is 1. The molecule has 0 heterocycles. The first kappa shape index (κ1) is 11.5. The van der Waals surface area contributed by atoms with Crippen LogP contribution in [0.5, 0.6) is 0 Å². The van der Waals surface area contributed by atoms with E-state index in [0.29, 0.717) is 10.6 Å². The second-order valence-electron chi connectivity index (χ2n) is 3.13. The molecule has 0 saturated carbocycles. The highest BCUT2D eigenvalue weighted by atomic mass is 35.5. The zero-order valence-electron chi connectivity index (χ0n) is 8.30. The van der Waals surface area contributed by atoms with Crippen molar-refractivity contribution in [3.05, 3.63) is 28.3 Å². The molecular formula is C10H10ClNO3. The van der Waals surface area contributed by atoms with Gasteiger partial charge in [0.2, 0.25) is 5.91 Å². The third-order valence-corrected chi connectivity index (χ3v) is 2.25. The molecule has 1 amide bonds. The number of amides is 1. The molecule has 1 aromatic carbocycles. The number of aromatic carboxylic acids is 1. The molecule has 0 aliphatic heterocycles. The SMILES string of the molecule is CC(=O)Nc1cc(Cl)c(C)cc1C(=O)O. The number of carboxylic acids is 1. The highest BCUT2D eigenvalue weighted by molar-refractivity contribution is 6.32. The molecule has 0 spiro atoms. The Morgan fingerprint density at radius 1 is 1.40 bits per heavy atom. The van der Waals surface area contributed by atoms with Crippen LogP contribution in [0.15, 0.2) is 12.1 Å². The second-order valence-corrected chi connectivity index (χ2v) is 3.54. The van der Waals surface area contributed by atoms with Crippen molar-refractivity contribution < 1.29 is 14.7 Å². The summed E-state index contributed by atoms with van der Waals surface area (Å²) < 4.78 is 0. The topological polar surface area (TPSA) is 66.4 Å². The fourth-order valence-electron chi connectivity index (χ4n) is 1.15. The van der Waals surface area contributed by atoms with Crippen LogP contribution in [0.3, 0.4) is 0 Å². The first-order valence-corrected chi connectivity index (χ1v) is 4.60. The molecule has 5 heteroatoms. The fourth-order valence-corrected chi connectivity index (χ4v) is 1.32. The average molecular weight is 228 g/mol. The second kappa shape index (κ2) is 4.31. The zero-order valence-corrected chi connectivity index (χ0v) is 9.05. The minimum absolute atomic E-state index is 0.0344. The number of anilines is 1. The summed E-state index contributed by atoms with van der Waals surface area (Å²) in [4.78, 5) is 21.7. The molecule has 15 heavy (non-hydrogen) atoms. The van der Waals surface area contributed by atoms with Gasteiger partial charge in [-0.2, -0.15) is 0 Å². The number of rotatable bonds is 2. The van der Waals surface area contributed by atoms with E-state index >= 15 is 0 Å². The summed E-state index contributed by atoms with van der Waals surface area (Å²) in [6.07, 6.45) is 0. The number of halogens is 1. The van der Waals surface area contributed by atoms with Gasteiger partial charge in [0.15, 0.2) is 0 Å². The third kappa shape index (κ3) is 2.70. The van der Waals surface area contributed by atoms with Crippen LogP contribution in [0.4, 0.5) is 5.69 Å². The maximum Gasteiger partial charge on any atom is 0.337 e. The Bertz CT molecular complexity index is 429. The number of hydrogen-bond acceptors (Lipinski definition) is 2. The van der Waals surface area contributed by atoms with Crippen molar-refractivity contribution >= 4 is 29.2 Å². The van der Waals surface area contributed by atoms with Crippen LogP contribution in [0.2, 0.25) is 5.02 Å². The normalized spacial score (nSPS) is 9.80. The summed E-state index contributed by atoms with van der Waals surface area (Å²) in [6.45, 7) is 3.01. The standard InChI is InChI=1S/C10H10ClNO3/c1-5-3-7(10(14)15)9(4-8(5)11)12-6(2)13/h3-4H,1-2H3,(H,12,13)(H,14,15). The van der Waals surface area contributed by atoms with E-state index in [2.05, 4.69) is 5.32 Å². The molecule has 0 unspecified atom stereocenters. The van der Waals surface area contributed by atoms with Crippen molar-refractivity contribution in [2.75, 3.05) is 5.32 Å². The van der Waals surface area contributed by atoms with E-state index in [4.69, 9.17) is 16.7 Å². The molecule has 0 atom stereocenters. The summed E-state index contributed by atoms with van der Waals surface area (Å²) in [5.41, 5.74) is 0.904. The lowest BCUT2D eigenvalue weighted by Crippen LogP contribution is -2.11. The summed E-state index contributed by atoms with van der Waals surface area (Å²) >= 11 is 5.83. The van der Waals surface area contributed by atoms with Gasteiger partial charge < -0.3 is 10.4 Å². The van der Waals surface area contributed by atoms with Gasteiger partial charge in [0.05, 0.1) is 11.3 Å². The predicted molar refractivity (Wildman–Crippen MR) is 57.5 cm³/mol. The molecule has 0 fully saturated rings. The summed E-state index contributed by atoms with van der Waals surface area (Å²) in [5, 5.41) is 11.7. The Morgan fingerprint density at radius 3 is 2.47 bits per heavy atom. The number of aryl methyl sites for hydroxylation is 1. The lowest BCUT2D eigenvalue weighted by Gasteiger charge is -2.08. The van der Waals surface area contributed by atoms with Gasteiger partial charge in [-0.05, 0) is 24.6 Å². The van der Waals surface area contributed by atoms with Crippen LogP contribution in [-0.4, -0.2) is 17.0 Å².